The van der Waals surface area contributed by atoms with Crippen LogP contribution < -0.4 is 20.7 Å². The van der Waals surface area contributed by atoms with E-state index in [0.29, 0.717) is 16.6 Å². The molecule has 1 heterocycles. The fraction of sp³-hybridized carbons (Fsp3) is 0.250. The van der Waals surface area contributed by atoms with Crippen molar-refractivity contribution in [1.29, 1.82) is 0 Å². The second kappa shape index (κ2) is 8.71. The number of carbonyl (C=O) groups excluding carboxylic acids is 2. The van der Waals surface area contributed by atoms with Gasteiger partial charge in [0.05, 0.1) is 17.3 Å². The molecule has 7 nitrogen and oxygen atoms in total. The van der Waals surface area contributed by atoms with E-state index in [1.807, 2.05) is 13.8 Å². The van der Waals surface area contributed by atoms with Crippen LogP contribution in [0.3, 0.4) is 0 Å². The summed E-state index contributed by atoms with van der Waals surface area (Å²) in [7, 11) is 1.58. The number of ether oxygens (including phenoxy) is 1. The lowest BCUT2D eigenvalue weighted by molar-refractivity contribution is -0.116. The lowest BCUT2D eigenvalue weighted by Gasteiger charge is -2.08. The maximum Gasteiger partial charge on any atom is 0.319 e. The highest BCUT2D eigenvalue weighted by atomic mass is 32.1. The Balaban J connectivity index is 1.46. The van der Waals surface area contributed by atoms with Gasteiger partial charge in [-0.3, -0.25) is 4.79 Å². The lowest BCUT2D eigenvalue weighted by Crippen LogP contribution is -2.31. The Labute approximate surface area is 167 Å². The summed E-state index contributed by atoms with van der Waals surface area (Å²) in [5, 5.41) is 8.72. The summed E-state index contributed by atoms with van der Waals surface area (Å²) in [5.41, 5.74) is 3.80. The minimum Gasteiger partial charge on any atom is -0.497 e. The molecule has 0 radical (unpaired) electrons. The number of hydrogen-bond donors (Lipinski definition) is 3. The number of amides is 3. The third-order valence-electron chi connectivity index (χ3n) is 4.06. The van der Waals surface area contributed by atoms with Crippen molar-refractivity contribution < 1.29 is 14.3 Å². The standard InChI is InChI=1S/C20H22N4O3S/c1-12-10-13(2)18-16(11-12)28-20(24-18)23-17(25)8-9-21-19(26)22-14-4-6-15(27-3)7-5-14/h4-7,10-11H,8-9H2,1-3H3,(H2,21,22,26)(H,23,24,25). The molecule has 0 atom stereocenters. The summed E-state index contributed by atoms with van der Waals surface area (Å²) < 4.78 is 6.11. The van der Waals surface area contributed by atoms with Crippen LogP contribution >= 0.6 is 11.3 Å². The van der Waals surface area contributed by atoms with Gasteiger partial charge in [0.2, 0.25) is 5.91 Å². The molecular formula is C20H22N4O3S. The Morgan fingerprint density at radius 3 is 2.57 bits per heavy atom. The van der Waals surface area contributed by atoms with Gasteiger partial charge >= 0.3 is 6.03 Å². The minimum atomic E-state index is -0.371. The van der Waals surface area contributed by atoms with Gasteiger partial charge in [-0.15, -0.1) is 0 Å². The maximum absolute atomic E-state index is 12.1. The van der Waals surface area contributed by atoms with Crippen molar-refractivity contribution >= 4 is 44.3 Å². The van der Waals surface area contributed by atoms with E-state index < -0.39 is 0 Å². The molecule has 1 aromatic heterocycles. The number of anilines is 2. The van der Waals surface area contributed by atoms with Crippen LogP contribution in [0.15, 0.2) is 36.4 Å². The number of thiazole rings is 1. The van der Waals surface area contributed by atoms with Gasteiger partial charge in [0.25, 0.3) is 0 Å². The van der Waals surface area contributed by atoms with Crippen molar-refractivity contribution in [2.24, 2.45) is 0 Å². The molecule has 3 amide bonds. The molecule has 0 aliphatic rings. The van der Waals surface area contributed by atoms with Crippen molar-refractivity contribution in [1.82, 2.24) is 10.3 Å². The summed E-state index contributed by atoms with van der Waals surface area (Å²) in [6, 6.07) is 10.7. The smallest absolute Gasteiger partial charge is 0.319 e. The van der Waals surface area contributed by atoms with Crippen molar-refractivity contribution in [2.75, 3.05) is 24.3 Å². The fourth-order valence-electron chi connectivity index (χ4n) is 2.75. The second-order valence-electron chi connectivity index (χ2n) is 6.36. The van der Waals surface area contributed by atoms with E-state index in [9.17, 15) is 9.59 Å². The molecular weight excluding hydrogens is 376 g/mol. The van der Waals surface area contributed by atoms with Crippen LogP contribution in [0.2, 0.25) is 0 Å². The van der Waals surface area contributed by atoms with E-state index in [0.717, 1.165) is 15.8 Å². The highest BCUT2D eigenvalue weighted by molar-refractivity contribution is 7.22. The van der Waals surface area contributed by atoms with Crippen LogP contribution in [0.4, 0.5) is 15.6 Å². The van der Waals surface area contributed by atoms with Gasteiger partial charge in [-0.25, -0.2) is 9.78 Å². The highest BCUT2D eigenvalue weighted by Gasteiger charge is 2.10. The molecule has 3 rings (SSSR count). The molecule has 0 spiro atoms. The Hall–Kier alpha value is -3.13. The zero-order chi connectivity index (χ0) is 20.1. The third kappa shape index (κ3) is 4.98. The number of nitrogens with zero attached hydrogens (tertiary/aromatic N) is 1. The topological polar surface area (TPSA) is 92.4 Å². The van der Waals surface area contributed by atoms with Crippen molar-refractivity contribution in [3.05, 3.63) is 47.5 Å². The molecule has 0 bridgehead atoms. The number of methoxy groups -OCH3 is 1. The molecule has 3 N–H and O–H groups in total. The number of carbonyl (C=O) groups is 2. The zero-order valence-electron chi connectivity index (χ0n) is 16.0. The third-order valence-corrected chi connectivity index (χ3v) is 4.98. The number of fused-ring (bicyclic) bond motifs is 1. The predicted octanol–water partition coefficient (Wildman–Crippen LogP) is 4.07. The normalized spacial score (nSPS) is 10.5. The number of urea groups is 1. The summed E-state index contributed by atoms with van der Waals surface area (Å²) in [6.45, 7) is 4.26. The van der Waals surface area contributed by atoms with E-state index in [-0.39, 0.29) is 24.9 Å². The largest absolute Gasteiger partial charge is 0.497 e. The first kappa shape index (κ1) is 19.6. The van der Waals surface area contributed by atoms with Gasteiger partial charge in [0, 0.05) is 18.7 Å². The van der Waals surface area contributed by atoms with Gasteiger partial charge in [0.1, 0.15) is 5.75 Å². The number of nitrogens with one attached hydrogen (secondary N) is 3. The van der Waals surface area contributed by atoms with E-state index in [1.165, 1.54) is 16.9 Å². The molecule has 3 aromatic rings. The fourth-order valence-corrected chi connectivity index (χ4v) is 3.80. The molecule has 0 aliphatic carbocycles. The summed E-state index contributed by atoms with van der Waals surface area (Å²) in [5.74, 6) is 0.515. The monoisotopic (exact) mass is 398 g/mol. The average Bonchev–Trinajstić information content (AvgIpc) is 3.04. The lowest BCUT2D eigenvalue weighted by atomic mass is 10.1. The van der Waals surface area contributed by atoms with E-state index in [1.54, 1.807) is 31.4 Å². The van der Waals surface area contributed by atoms with Crippen molar-refractivity contribution in [3.63, 3.8) is 0 Å². The second-order valence-corrected chi connectivity index (χ2v) is 7.39. The van der Waals surface area contributed by atoms with Gasteiger partial charge in [0.15, 0.2) is 5.13 Å². The summed E-state index contributed by atoms with van der Waals surface area (Å²) in [4.78, 5) is 28.5. The summed E-state index contributed by atoms with van der Waals surface area (Å²) in [6.07, 6.45) is 0.157. The first-order chi connectivity index (χ1) is 13.4. The van der Waals surface area contributed by atoms with Gasteiger partial charge in [-0.2, -0.15) is 0 Å². The molecule has 146 valence electrons. The number of hydrogen-bond acceptors (Lipinski definition) is 5. The molecule has 28 heavy (non-hydrogen) atoms. The van der Waals surface area contributed by atoms with Gasteiger partial charge in [-0.1, -0.05) is 17.4 Å². The molecule has 0 aliphatic heterocycles. The van der Waals surface area contributed by atoms with Crippen molar-refractivity contribution in [3.8, 4) is 5.75 Å². The van der Waals surface area contributed by atoms with Crippen molar-refractivity contribution in [2.45, 2.75) is 20.3 Å². The molecule has 2 aromatic carbocycles. The van der Waals surface area contributed by atoms with Gasteiger partial charge in [-0.05, 0) is 55.3 Å². The Kier molecular flexibility index (Phi) is 6.10. The number of aromatic nitrogens is 1. The van der Waals surface area contributed by atoms with Crippen LogP contribution in [-0.2, 0) is 4.79 Å². The number of rotatable bonds is 6. The zero-order valence-corrected chi connectivity index (χ0v) is 16.8. The Morgan fingerprint density at radius 1 is 1.11 bits per heavy atom. The average molecular weight is 398 g/mol. The van der Waals surface area contributed by atoms with Crippen LogP contribution in [0.25, 0.3) is 10.2 Å². The first-order valence-electron chi connectivity index (χ1n) is 8.81. The molecule has 0 unspecified atom stereocenters. The van der Waals surface area contributed by atoms with E-state index in [2.05, 4.69) is 33.1 Å². The molecule has 0 fully saturated rings. The van der Waals surface area contributed by atoms with E-state index >= 15 is 0 Å². The quantitative estimate of drug-likeness (QED) is 0.583. The minimum absolute atomic E-state index is 0.157. The number of aryl methyl sites for hydroxylation is 2. The van der Waals surface area contributed by atoms with E-state index in [4.69, 9.17) is 4.74 Å². The Bertz CT molecular complexity index is 999. The predicted molar refractivity (Wildman–Crippen MR) is 112 cm³/mol. The Morgan fingerprint density at radius 2 is 1.86 bits per heavy atom. The number of benzene rings is 2. The van der Waals surface area contributed by atoms with Crippen LogP contribution in [0.5, 0.6) is 5.75 Å². The summed E-state index contributed by atoms with van der Waals surface area (Å²) >= 11 is 1.45. The van der Waals surface area contributed by atoms with Crippen LogP contribution in [0.1, 0.15) is 17.5 Å². The molecule has 8 heteroatoms. The molecule has 0 saturated carbocycles. The van der Waals surface area contributed by atoms with Gasteiger partial charge < -0.3 is 20.7 Å². The molecule has 0 saturated heterocycles. The van der Waals surface area contributed by atoms with Crippen LogP contribution in [-0.4, -0.2) is 30.6 Å². The SMILES string of the molecule is COc1ccc(NC(=O)NCCC(=O)Nc2nc3c(C)cc(C)cc3s2)cc1. The van der Waals surface area contributed by atoms with Crippen LogP contribution in [0, 0.1) is 13.8 Å². The highest BCUT2D eigenvalue weighted by Crippen LogP contribution is 2.29. The maximum atomic E-state index is 12.1. The first-order valence-corrected chi connectivity index (χ1v) is 9.63.